The van der Waals surface area contributed by atoms with Crippen molar-refractivity contribution in [3.8, 4) is 11.8 Å². The van der Waals surface area contributed by atoms with Crippen molar-refractivity contribution in [1.82, 2.24) is 0 Å². The molecule has 1 aliphatic rings. The van der Waals surface area contributed by atoms with E-state index in [0.29, 0.717) is 28.3 Å². The monoisotopic (exact) mass is 395 g/mol. The zero-order valence-corrected chi connectivity index (χ0v) is 15.0. The number of hydrogen-bond acceptors (Lipinski definition) is 4. The van der Waals surface area contributed by atoms with Crippen LogP contribution >= 0.6 is 15.9 Å². The molecule has 1 aliphatic heterocycles. The van der Waals surface area contributed by atoms with E-state index in [4.69, 9.17) is 10.00 Å². The predicted molar refractivity (Wildman–Crippen MR) is 100 cm³/mol. The molecule has 0 radical (unpaired) electrons. The van der Waals surface area contributed by atoms with Gasteiger partial charge in [-0.2, -0.15) is 15.4 Å². The van der Waals surface area contributed by atoms with E-state index >= 15 is 0 Å². The zero-order valence-electron chi connectivity index (χ0n) is 13.4. The van der Waals surface area contributed by atoms with Gasteiger partial charge in [0, 0.05) is 10.0 Å². The van der Waals surface area contributed by atoms with E-state index in [0.717, 1.165) is 4.47 Å². The highest BCUT2D eigenvalue weighted by atomic mass is 79.9. The van der Waals surface area contributed by atoms with Gasteiger partial charge in [0.25, 0.3) is 5.91 Å². The molecule has 0 bridgehead atoms. The summed E-state index contributed by atoms with van der Waals surface area (Å²) in [6.45, 7) is 1.73. The first kappa shape index (κ1) is 16.9. The summed E-state index contributed by atoms with van der Waals surface area (Å²) in [5.41, 5.74) is 2.53. The maximum Gasteiger partial charge on any atom is 0.280 e. The van der Waals surface area contributed by atoms with Gasteiger partial charge in [-0.25, -0.2) is 0 Å². The third kappa shape index (κ3) is 3.62. The maximum absolute atomic E-state index is 12.8. The van der Waals surface area contributed by atoms with E-state index in [9.17, 15) is 4.79 Å². The smallest absolute Gasteiger partial charge is 0.280 e. The van der Waals surface area contributed by atoms with Gasteiger partial charge in [0.2, 0.25) is 0 Å². The molecule has 0 aliphatic carbocycles. The number of para-hydroxylation sites is 1. The molecular formula is C19H14BrN3O2. The Morgan fingerprint density at radius 2 is 2.04 bits per heavy atom. The van der Waals surface area contributed by atoms with E-state index < -0.39 is 0 Å². The number of nitriles is 1. The Hall–Kier alpha value is -2.91. The number of anilines is 1. The zero-order chi connectivity index (χ0) is 17.8. The molecule has 1 amide bonds. The van der Waals surface area contributed by atoms with Crippen molar-refractivity contribution in [2.24, 2.45) is 5.10 Å². The topological polar surface area (TPSA) is 65.7 Å². The number of carbonyl (C=O) groups excluding carboxylic acids is 1. The van der Waals surface area contributed by atoms with Gasteiger partial charge in [0.05, 0.1) is 17.0 Å². The van der Waals surface area contributed by atoms with E-state index in [1.165, 1.54) is 5.01 Å². The molecule has 25 heavy (non-hydrogen) atoms. The van der Waals surface area contributed by atoms with Gasteiger partial charge in [-0.05, 0) is 43.3 Å². The van der Waals surface area contributed by atoms with Crippen LogP contribution < -0.4 is 9.75 Å². The van der Waals surface area contributed by atoms with Crippen LogP contribution in [-0.2, 0) is 4.79 Å². The molecule has 3 rings (SSSR count). The minimum Gasteiger partial charge on any atom is -0.478 e. The molecular weight excluding hydrogens is 382 g/mol. The molecule has 0 spiro atoms. The third-order valence-electron chi connectivity index (χ3n) is 3.63. The fourth-order valence-electron chi connectivity index (χ4n) is 2.46. The van der Waals surface area contributed by atoms with Crippen molar-refractivity contribution in [2.75, 3.05) is 11.6 Å². The van der Waals surface area contributed by atoms with Crippen molar-refractivity contribution in [1.29, 1.82) is 5.26 Å². The average Bonchev–Trinajstić information content (AvgIpc) is 2.90. The fourth-order valence-corrected chi connectivity index (χ4v) is 2.84. The molecule has 6 heteroatoms. The van der Waals surface area contributed by atoms with Crippen molar-refractivity contribution in [3.63, 3.8) is 0 Å². The molecule has 0 saturated heterocycles. The highest BCUT2D eigenvalue weighted by Gasteiger charge is 2.28. The SMILES string of the molecule is CC1=NN(c2ccccc2)C(=O)/C1=C/c1cc(Br)ccc1OCC#N. The van der Waals surface area contributed by atoms with Crippen LogP contribution in [0.3, 0.4) is 0 Å². The summed E-state index contributed by atoms with van der Waals surface area (Å²) in [6.07, 6.45) is 1.74. The Balaban J connectivity index is 1.97. The van der Waals surface area contributed by atoms with Crippen LogP contribution in [-0.4, -0.2) is 18.2 Å². The first-order valence-corrected chi connectivity index (χ1v) is 8.35. The fraction of sp³-hybridized carbons (Fsp3) is 0.105. The van der Waals surface area contributed by atoms with Crippen molar-refractivity contribution < 1.29 is 9.53 Å². The minimum absolute atomic E-state index is 0.0606. The molecule has 1 heterocycles. The summed E-state index contributed by atoms with van der Waals surface area (Å²) in [5, 5.41) is 14.5. The summed E-state index contributed by atoms with van der Waals surface area (Å²) in [6, 6.07) is 16.6. The maximum atomic E-state index is 12.8. The largest absolute Gasteiger partial charge is 0.478 e. The highest BCUT2D eigenvalue weighted by Crippen LogP contribution is 2.29. The second-order valence-electron chi connectivity index (χ2n) is 5.32. The minimum atomic E-state index is -0.199. The van der Waals surface area contributed by atoms with Crippen LogP contribution in [0.2, 0.25) is 0 Å². The second kappa shape index (κ2) is 7.32. The van der Waals surface area contributed by atoms with Crippen LogP contribution in [0.4, 0.5) is 5.69 Å². The Kier molecular flexibility index (Phi) is 4.96. The quantitative estimate of drug-likeness (QED) is 0.729. The molecule has 5 nitrogen and oxygen atoms in total. The lowest BCUT2D eigenvalue weighted by Crippen LogP contribution is -2.21. The number of rotatable bonds is 4. The standard InChI is InChI=1S/C19H14BrN3O2/c1-13-17(19(24)23(22-13)16-5-3-2-4-6-16)12-14-11-15(20)7-8-18(14)25-10-9-21/h2-8,11-12H,10H2,1H3/b17-12+. The van der Waals surface area contributed by atoms with Gasteiger partial charge in [-0.1, -0.05) is 34.1 Å². The number of amides is 1. The highest BCUT2D eigenvalue weighted by molar-refractivity contribution is 9.10. The van der Waals surface area contributed by atoms with Gasteiger partial charge in [-0.15, -0.1) is 0 Å². The van der Waals surface area contributed by atoms with E-state index in [2.05, 4.69) is 21.0 Å². The van der Waals surface area contributed by atoms with Crippen molar-refractivity contribution >= 4 is 39.3 Å². The normalized spacial score (nSPS) is 15.2. The molecule has 2 aromatic rings. The van der Waals surface area contributed by atoms with E-state index in [-0.39, 0.29) is 12.5 Å². The van der Waals surface area contributed by atoms with Crippen molar-refractivity contribution in [3.05, 3.63) is 64.1 Å². The number of hydrazone groups is 1. The lowest BCUT2D eigenvalue weighted by molar-refractivity contribution is -0.114. The molecule has 0 saturated carbocycles. The number of carbonyl (C=O) groups is 1. The predicted octanol–water partition coefficient (Wildman–Crippen LogP) is 4.16. The Morgan fingerprint density at radius 3 is 2.76 bits per heavy atom. The molecule has 0 fully saturated rings. The number of halogens is 1. The number of hydrogen-bond donors (Lipinski definition) is 0. The van der Waals surface area contributed by atoms with Gasteiger partial charge in [0.1, 0.15) is 11.8 Å². The third-order valence-corrected chi connectivity index (χ3v) is 4.12. The lowest BCUT2D eigenvalue weighted by atomic mass is 10.1. The Labute approximate surface area is 154 Å². The Morgan fingerprint density at radius 1 is 1.28 bits per heavy atom. The molecule has 2 aromatic carbocycles. The first-order chi connectivity index (χ1) is 12.1. The molecule has 0 N–H and O–H groups in total. The van der Waals surface area contributed by atoms with Crippen LogP contribution in [0, 0.1) is 11.3 Å². The van der Waals surface area contributed by atoms with Gasteiger partial charge < -0.3 is 4.74 Å². The van der Waals surface area contributed by atoms with Crippen LogP contribution in [0.25, 0.3) is 6.08 Å². The summed E-state index contributed by atoms with van der Waals surface area (Å²) < 4.78 is 6.29. The number of benzene rings is 2. The summed E-state index contributed by atoms with van der Waals surface area (Å²) >= 11 is 3.42. The van der Waals surface area contributed by atoms with Gasteiger partial charge in [0.15, 0.2) is 6.61 Å². The Bertz CT molecular complexity index is 914. The average molecular weight is 396 g/mol. The number of nitrogens with zero attached hydrogens (tertiary/aromatic N) is 3. The van der Waals surface area contributed by atoms with Crippen LogP contribution in [0.1, 0.15) is 12.5 Å². The summed E-state index contributed by atoms with van der Waals surface area (Å²) in [7, 11) is 0. The second-order valence-corrected chi connectivity index (χ2v) is 6.24. The lowest BCUT2D eigenvalue weighted by Gasteiger charge is -2.11. The first-order valence-electron chi connectivity index (χ1n) is 7.56. The van der Waals surface area contributed by atoms with E-state index in [1.807, 2.05) is 48.5 Å². The van der Waals surface area contributed by atoms with Crippen LogP contribution in [0.15, 0.2) is 63.7 Å². The number of ether oxygens (including phenoxy) is 1. The van der Waals surface area contributed by atoms with E-state index in [1.54, 1.807) is 19.1 Å². The molecule has 0 atom stereocenters. The molecule has 124 valence electrons. The van der Waals surface area contributed by atoms with Gasteiger partial charge >= 0.3 is 0 Å². The van der Waals surface area contributed by atoms with Crippen LogP contribution in [0.5, 0.6) is 5.75 Å². The summed E-state index contributed by atoms with van der Waals surface area (Å²) in [5.74, 6) is 0.339. The summed E-state index contributed by atoms with van der Waals surface area (Å²) in [4.78, 5) is 12.8. The molecule has 0 aromatic heterocycles. The van der Waals surface area contributed by atoms with Crippen molar-refractivity contribution in [2.45, 2.75) is 6.92 Å². The molecule has 0 unspecified atom stereocenters. The van der Waals surface area contributed by atoms with Gasteiger partial charge in [-0.3, -0.25) is 4.79 Å².